The number of benzene rings is 3. The third kappa shape index (κ3) is 3.85. The number of hydrogen-bond acceptors (Lipinski definition) is 4. The summed E-state index contributed by atoms with van der Waals surface area (Å²) in [6, 6.07) is 20.2. The maximum atomic E-state index is 13.1. The molecule has 28 heavy (non-hydrogen) atoms. The molecule has 4 aromatic rings. The highest BCUT2D eigenvalue weighted by Gasteiger charge is 2.16. The molecule has 0 aliphatic heterocycles. The molecule has 0 saturated heterocycles. The van der Waals surface area contributed by atoms with Gasteiger partial charge in [0, 0.05) is 17.0 Å². The topological polar surface area (TPSA) is 52.1 Å². The van der Waals surface area contributed by atoms with Crippen molar-refractivity contribution in [3.8, 4) is 5.75 Å². The first-order valence-corrected chi connectivity index (χ1v) is 8.92. The van der Waals surface area contributed by atoms with E-state index in [4.69, 9.17) is 16.3 Å². The Morgan fingerprint density at radius 3 is 2.46 bits per heavy atom. The second-order valence-electron chi connectivity index (χ2n) is 6.13. The molecule has 0 fully saturated rings. The molecule has 0 aliphatic rings. The summed E-state index contributed by atoms with van der Waals surface area (Å²) >= 11 is 6.24. The number of carbonyl (C=O) groups excluding carboxylic acids is 1. The Kier molecular flexibility index (Phi) is 5.00. The average molecular weight is 393 g/mol. The molecule has 138 valence electrons. The highest BCUT2D eigenvalue weighted by molar-refractivity contribution is 6.34. The molecule has 1 aromatic heterocycles. The molecule has 6 heteroatoms. The maximum Gasteiger partial charge on any atom is 0.230 e. The van der Waals surface area contributed by atoms with E-state index in [2.05, 4.69) is 9.97 Å². The first-order valence-electron chi connectivity index (χ1n) is 8.54. The van der Waals surface area contributed by atoms with Crippen LogP contribution in [0.4, 0.5) is 4.39 Å². The number of aromatic nitrogens is 2. The lowest BCUT2D eigenvalue weighted by atomic mass is 10.1. The lowest BCUT2D eigenvalue weighted by molar-refractivity contribution is 0.102. The number of ether oxygens (including phenoxy) is 1. The molecule has 0 unspecified atom stereocenters. The van der Waals surface area contributed by atoms with Crippen molar-refractivity contribution in [3.63, 3.8) is 0 Å². The Labute approximate surface area is 165 Å². The van der Waals surface area contributed by atoms with Gasteiger partial charge in [0.25, 0.3) is 0 Å². The molecule has 0 aliphatic carbocycles. The van der Waals surface area contributed by atoms with Gasteiger partial charge in [-0.2, -0.15) is 0 Å². The minimum atomic E-state index is -0.431. The second-order valence-corrected chi connectivity index (χ2v) is 6.49. The Morgan fingerprint density at radius 1 is 0.964 bits per heavy atom. The Morgan fingerprint density at radius 2 is 1.71 bits per heavy atom. The molecule has 4 rings (SSSR count). The monoisotopic (exact) mass is 392 g/mol. The van der Waals surface area contributed by atoms with Crippen molar-refractivity contribution < 1.29 is 13.9 Å². The Hall–Kier alpha value is -3.31. The van der Waals surface area contributed by atoms with Crippen molar-refractivity contribution in [3.05, 3.63) is 101 Å². The number of carbonyl (C=O) groups is 1. The van der Waals surface area contributed by atoms with E-state index in [0.29, 0.717) is 23.3 Å². The first kappa shape index (κ1) is 18.1. The van der Waals surface area contributed by atoms with Crippen LogP contribution in [0.15, 0.2) is 72.8 Å². The lowest BCUT2D eigenvalue weighted by Gasteiger charge is -2.09. The van der Waals surface area contributed by atoms with Crippen LogP contribution in [-0.2, 0) is 6.61 Å². The van der Waals surface area contributed by atoms with E-state index in [9.17, 15) is 9.18 Å². The zero-order valence-corrected chi connectivity index (χ0v) is 15.4. The normalized spacial score (nSPS) is 10.8. The van der Waals surface area contributed by atoms with E-state index < -0.39 is 11.6 Å². The maximum absolute atomic E-state index is 13.1. The molecular formula is C22H14ClFN2O2. The molecule has 0 N–H and O–H groups in total. The molecule has 0 bridgehead atoms. The van der Waals surface area contributed by atoms with Crippen LogP contribution in [0.3, 0.4) is 0 Å². The largest absolute Gasteiger partial charge is 0.489 e. The summed E-state index contributed by atoms with van der Waals surface area (Å²) < 4.78 is 18.9. The molecular weight excluding hydrogens is 379 g/mol. The molecule has 0 saturated carbocycles. The standard InChI is InChI=1S/C22H14ClFN2O2/c23-21-18-11-10-17(28-13-14-4-2-1-3-5-14)12-19(18)25-22(26-21)20(27)15-6-8-16(24)9-7-15/h1-12H,13H2. The van der Waals surface area contributed by atoms with Crippen LogP contribution in [0.25, 0.3) is 10.9 Å². The van der Waals surface area contributed by atoms with Crippen molar-refractivity contribution in [1.82, 2.24) is 9.97 Å². The van der Waals surface area contributed by atoms with Crippen LogP contribution in [0.2, 0.25) is 5.15 Å². The van der Waals surface area contributed by atoms with Crippen LogP contribution >= 0.6 is 11.6 Å². The van der Waals surface area contributed by atoms with Crippen LogP contribution in [0, 0.1) is 5.82 Å². The predicted molar refractivity (Wildman–Crippen MR) is 105 cm³/mol. The smallest absolute Gasteiger partial charge is 0.230 e. The fourth-order valence-electron chi connectivity index (χ4n) is 2.73. The predicted octanol–water partition coefficient (Wildman–Crippen LogP) is 5.23. The van der Waals surface area contributed by atoms with Gasteiger partial charge in [-0.25, -0.2) is 14.4 Å². The first-order chi connectivity index (χ1) is 13.6. The SMILES string of the molecule is O=C(c1ccc(F)cc1)c1nc(Cl)c2ccc(OCc3ccccc3)cc2n1. The number of fused-ring (bicyclic) bond motifs is 1. The number of hydrogen-bond donors (Lipinski definition) is 0. The lowest BCUT2D eigenvalue weighted by Crippen LogP contribution is -2.08. The van der Waals surface area contributed by atoms with Gasteiger partial charge in [-0.3, -0.25) is 4.79 Å². The van der Waals surface area contributed by atoms with Crippen LogP contribution < -0.4 is 4.74 Å². The highest BCUT2D eigenvalue weighted by Crippen LogP contribution is 2.26. The van der Waals surface area contributed by atoms with E-state index in [1.165, 1.54) is 24.3 Å². The minimum absolute atomic E-state index is 0.0516. The van der Waals surface area contributed by atoms with Crippen molar-refractivity contribution in [1.29, 1.82) is 0 Å². The summed E-state index contributed by atoms with van der Waals surface area (Å²) in [5, 5.41) is 0.787. The summed E-state index contributed by atoms with van der Waals surface area (Å²) in [5.74, 6) is -0.302. The second kappa shape index (κ2) is 7.74. The average Bonchev–Trinajstić information content (AvgIpc) is 2.73. The van der Waals surface area contributed by atoms with Gasteiger partial charge in [0.1, 0.15) is 23.3 Å². The van der Waals surface area contributed by atoms with Crippen molar-refractivity contribution in [2.24, 2.45) is 0 Å². The van der Waals surface area contributed by atoms with E-state index in [0.717, 1.165) is 5.56 Å². The van der Waals surface area contributed by atoms with Crippen LogP contribution in [0.1, 0.15) is 21.7 Å². The fourth-order valence-corrected chi connectivity index (χ4v) is 2.97. The molecule has 0 amide bonds. The third-order valence-electron chi connectivity index (χ3n) is 4.18. The van der Waals surface area contributed by atoms with Gasteiger partial charge in [0.15, 0.2) is 0 Å². The van der Waals surface area contributed by atoms with Gasteiger partial charge < -0.3 is 4.74 Å². The molecule has 1 heterocycles. The molecule has 4 nitrogen and oxygen atoms in total. The van der Waals surface area contributed by atoms with Crippen LogP contribution in [0.5, 0.6) is 5.75 Å². The van der Waals surface area contributed by atoms with Gasteiger partial charge in [-0.05, 0) is 42.0 Å². The molecule has 0 atom stereocenters. The van der Waals surface area contributed by atoms with Crippen molar-refractivity contribution in [2.75, 3.05) is 0 Å². The Bertz CT molecular complexity index is 1150. The van der Waals surface area contributed by atoms with Gasteiger partial charge in [-0.15, -0.1) is 0 Å². The third-order valence-corrected chi connectivity index (χ3v) is 4.47. The summed E-state index contributed by atoms with van der Waals surface area (Å²) in [6.45, 7) is 0.409. The summed E-state index contributed by atoms with van der Waals surface area (Å²) in [4.78, 5) is 21.0. The zero-order chi connectivity index (χ0) is 19.5. The van der Waals surface area contributed by atoms with E-state index in [1.807, 2.05) is 30.3 Å². The quantitative estimate of drug-likeness (QED) is 0.344. The molecule has 0 spiro atoms. The number of rotatable bonds is 5. The van der Waals surface area contributed by atoms with E-state index in [1.54, 1.807) is 18.2 Å². The van der Waals surface area contributed by atoms with Crippen LogP contribution in [-0.4, -0.2) is 15.8 Å². The summed E-state index contributed by atoms with van der Waals surface area (Å²) in [6.07, 6.45) is 0. The number of halogens is 2. The van der Waals surface area contributed by atoms with Crippen molar-refractivity contribution >= 4 is 28.3 Å². The Balaban J connectivity index is 1.64. The van der Waals surface area contributed by atoms with Gasteiger partial charge in [0.2, 0.25) is 11.6 Å². The van der Waals surface area contributed by atoms with Gasteiger partial charge in [0.05, 0.1) is 5.52 Å². The van der Waals surface area contributed by atoms with Crippen molar-refractivity contribution in [2.45, 2.75) is 6.61 Å². The van der Waals surface area contributed by atoms with E-state index >= 15 is 0 Å². The summed E-state index contributed by atoms with van der Waals surface area (Å²) in [7, 11) is 0. The zero-order valence-electron chi connectivity index (χ0n) is 14.6. The number of ketones is 1. The summed E-state index contributed by atoms with van der Waals surface area (Å²) in [5.41, 5.74) is 1.82. The van der Waals surface area contributed by atoms with E-state index in [-0.39, 0.29) is 16.5 Å². The molecule has 0 radical (unpaired) electrons. The highest BCUT2D eigenvalue weighted by atomic mass is 35.5. The molecule has 3 aromatic carbocycles. The number of nitrogens with zero attached hydrogens (tertiary/aromatic N) is 2. The van der Waals surface area contributed by atoms with Gasteiger partial charge in [-0.1, -0.05) is 41.9 Å². The van der Waals surface area contributed by atoms with Gasteiger partial charge >= 0.3 is 0 Å². The fraction of sp³-hybridized carbons (Fsp3) is 0.0455. The minimum Gasteiger partial charge on any atom is -0.489 e.